The van der Waals surface area contributed by atoms with E-state index >= 15 is 0 Å². The maximum Gasteiger partial charge on any atom is 0.289 e. The Morgan fingerprint density at radius 1 is 1.20 bits per heavy atom. The van der Waals surface area contributed by atoms with Gasteiger partial charge in [0.25, 0.3) is 5.91 Å². The monoisotopic (exact) mass is 276 g/mol. The Kier molecular flexibility index (Phi) is 5.90. The first-order valence-electron chi connectivity index (χ1n) is 6.58. The van der Waals surface area contributed by atoms with Crippen LogP contribution >= 0.6 is 0 Å². The molecule has 0 spiro atoms. The lowest BCUT2D eigenvalue weighted by atomic mass is 10.1. The van der Waals surface area contributed by atoms with Gasteiger partial charge in [-0.3, -0.25) is 14.4 Å². The van der Waals surface area contributed by atoms with E-state index in [1.807, 2.05) is 19.9 Å². The van der Waals surface area contributed by atoms with Gasteiger partial charge in [-0.25, -0.2) is 0 Å². The summed E-state index contributed by atoms with van der Waals surface area (Å²) in [5.74, 6) is -1.02. The standard InChI is InChI=1S/C15H20N2O3/c1-11(2)9-16-15(20)14(19)12(3)17(10-18)13-7-5-4-6-8-13/h4-8,10-12H,9H2,1-3H3,(H,16,20). The first kappa shape index (κ1) is 15.9. The number of para-hydroxylation sites is 1. The second-order valence-electron chi connectivity index (χ2n) is 4.99. The predicted octanol–water partition coefficient (Wildman–Crippen LogP) is 1.38. The van der Waals surface area contributed by atoms with Crippen molar-refractivity contribution in [2.45, 2.75) is 26.8 Å². The topological polar surface area (TPSA) is 66.5 Å². The molecule has 108 valence electrons. The number of hydrogen-bond acceptors (Lipinski definition) is 3. The third kappa shape index (κ3) is 4.19. The maximum absolute atomic E-state index is 12.0. The summed E-state index contributed by atoms with van der Waals surface area (Å²) in [7, 11) is 0. The zero-order chi connectivity index (χ0) is 15.1. The van der Waals surface area contributed by atoms with E-state index in [2.05, 4.69) is 5.32 Å². The highest BCUT2D eigenvalue weighted by molar-refractivity contribution is 6.39. The Bertz CT molecular complexity index is 471. The molecular weight excluding hydrogens is 256 g/mol. The Balaban J connectivity index is 2.76. The van der Waals surface area contributed by atoms with Gasteiger partial charge in [-0.15, -0.1) is 0 Å². The zero-order valence-corrected chi connectivity index (χ0v) is 12.0. The molecule has 0 bridgehead atoms. The van der Waals surface area contributed by atoms with Crippen LogP contribution < -0.4 is 10.2 Å². The molecule has 5 nitrogen and oxygen atoms in total. The van der Waals surface area contributed by atoms with Gasteiger partial charge in [0.15, 0.2) is 0 Å². The number of ketones is 1. The number of amides is 2. The molecule has 1 unspecified atom stereocenters. The van der Waals surface area contributed by atoms with Gasteiger partial charge in [-0.2, -0.15) is 0 Å². The number of carbonyl (C=O) groups excluding carboxylic acids is 3. The van der Waals surface area contributed by atoms with Crippen molar-refractivity contribution in [3.63, 3.8) is 0 Å². The van der Waals surface area contributed by atoms with E-state index in [0.29, 0.717) is 18.6 Å². The van der Waals surface area contributed by atoms with Crippen LogP contribution in [0.1, 0.15) is 20.8 Å². The SMILES string of the molecule is CC(C)CNC(=O)C(=O)C(C)N(C=O)c1ccccc1. The third-order valence-corrected chi connectivity index (χ3v) is 2.86. The Morgan fingerprint density at radius 3 is 2.30 bits per heavy atom. The minimum Gasteiger partial charge on any atom is -0.349 e. The summed E-state index contributed by atoms with van der Waals surface area (Å²) >= 11 is 0. The number of nitrogens with zero attached hydrogens (tertiary/aromatic N) is 1. The van der Waals surface area contributed by atoms with E-state index in [0.717, 1.165) is 0 Å². The number of hydrogen-bond donors (Lipinski definition) is 1. The molecule has 0 heterocycles. The molecule has 0 aliphatic carbocycles. The number of rotatable bonds is 7. The molecule has 0 fully saturated rings. The molecule has 0 aliphatic rings. The van der Waals surface area contributed by atoms with Crippen molar-refractivity contribution in [1.82, 2.24) is 5.32 Å². The Hall–Kier alpha value is -2.17. The van der Waals surface area contributed by atoms with Crippen LogP contribution in [0.4, 0.5) is 5.69 Å². The summed E-state index contributed by atoms with van der Waals surface area (Å²) in [5.41, 5.74) is 0.583. The lowest BCUT2D eigenvalue weighted by Crippen LogP contribution is -2.46. The largest absolute Gasteiger partial charge is 0.349 e. The van der Waals surface area contributed by atoms with Gasteiger partial charge in [-0.05, 0) is 25.0 Å². The van der Waals surface area contributed by atoms with Gasteiger partial charge in [-0.1, -0.05) is 32.0 Å². The van der Waals surface area contributed by atoms with Gasteiger partial charge < -0.3 is 10.2 Å². The van der Waals surface area contributed by atoms with E-state index < -0.39 is 17.7 Å². The van der Waals surface area contributed by atoms with Crippen LogP contribution in [0, 0.1) is 5.92 Å². The first-order chi connectivity index (χ1) is 9.47. The van der Waals surface area contributed by atoms with Crippen molar-refractivity contribution in [3.8, 4) is 0 Å². The molecule has 1 aromatic carbocycles. The molecule has 0 aliphatic heterocycles. The highest BCUT2D eigenvalue weighted by atomic mass is 16.2. The summed E-state index contributed by atoms with van der Waals surface area (Å²) < 4.78 is 0. The minimum absolute atomic E-state index is 0.262. The van der Waals surface area contributed by atoms with Crippen LogP contribution in [0.15, 0.2) is 30.3 Å². The maximum atomic E-state index is 12.0. The van der Waals surface area contributed by atoms with Crippen LogP contribution in [-0.4, -0.2) is 30.7 Å². The fourth-order valence-corrected chi connectivity index (χ4v) is 1.68. The lowest BCUT2D eigenvalue weighted by Gasteiger charge is -2.23. The first-order valence-corrected chi connectivity index (χ1v) is 6.58. The fourth-order valence-electron chi connectivity index (χ4n) is 1.68. The van der Waals surface area contributed by atoms with Crippen molar-refractivity contribution >= 4 is 23.8 Å². The number of benzene rings is 1. The van der Waals surface area contributed by atoms with Gasteiger partial charge in [0.2, 0.25) is 12.2 Å². The van der Waals surface area contributed by atoms with Gasteiger partial charge in [0, 0.05) is 12.2 Å². The van der Waals surface area contributed by atoms with Crippen LogP contribution in [0.2, 0.25) is 0 Å². The lowest BCUT2D eigenvalue weighted by molar-refractivity contribution is -0.138. The molecule has 1 N–H and O–H groups in total. The normalized spacial score (nSPS) is 11.8. The predicted molar refractivity (Wildman–Crippen MR) is 77.3 cm³/mol. The van der Waals surface area contributed by atoms with Crippen LogP contribution in [-0.2, 0) is 14.4 Å². The second-order valence-corrected chi connectivity index (χ2v) is 4.99. The molecule has 1 rings (SSSR count). The van der Waals surface area contributed by atoms with Crippen LogP contribution in [0.3, 0.4) is 0 Å². The molecule has 0 radical (unpaired) electrons. The highest BCUT2D eigenvalue weighted by Crippen LogP contribution is 2.14. The van der Waals surface area contributed by atoms with Gasteiger partial charge >= 0.3 is 0 Å². The highest BCUT2D eigenvalue weighted by Gasteiger charge is 2.26. The number of carbonyl (C=O) groups is 3. The molecule has 1 atom stereocenters. The molecule has 0 aromatic heterocycles. The zero-order valence-electron chi connectivity index (χ0n) is 12.0. The summed E-state index contributed by atoms with van der Waals surface area (Å²) in [4.78, 5) is 36.2. The van der Waals surface area contributed by atoms with Crippen molar-refractivity contribution < 1.29 is 14.4 Å². The Morgan fingerprint density at radius 2 is 1.80 bits per heavy atom. The molecule has 0 saturated carbocycles. The molecule has 5 heteroatoms. The second kappa shape index (κ2) is 7.43. The van der Waals surface area contributed by atoms with Crippen molar-refractivity contribution in [1.29, 1.82) is 0 Å². The Labute approximate surface area is 119 Å². The summed E-state index contributed by atoms with van der Waals surface area (Å²) in [6, 6.07) is 7.94. The van der Waals surface area contributed by atoms with Gasteiger partial charge in [0.1, 0.15) is 6.04 Å². The molecule has 20 heavy (non-hydrogen) atoms. The number of anilines is 1. The quantitative estimate of drug-likeness (QED) is 0.604. The van der Waals surface area contributed by atoms with Crippen LogP contribution in [0.25, 0.3) is 0 Å². The van der Waals surface area contributed by atoms with E-state index in [9.17, 15) is 14.4 Å². The van der Waals surface area contributed by atoms with Crippen molar-refractivity contribution in [2.75, 3.05) is 11.4 Å². The number of Topliss-reactive ketones (excluding diaryl/α,β-unsaturated/α-hetero) is 1. The smallest absolute Gasteiger partial charge is 0.289 e. The molecule has 1 aromatic rings. The molecule has 0 saturated heterocycles. The van der Waals surface area contributed by atoms with Crippen LogP contribution in [0.5, 0.6) is 0 Å². The number of nitrogens with one attached hydrogen (secondary N) is 1. The molecular formula is C15H20N2O3. The van der Waals surface area contributed by atoms with E-state index in [4.69, 9.17) is 0 Å². The van der Waals surface area contributed by atoms with E-state index in [-0.39, 0.29) is 5.92 Å². The summed E-state index contributed by atoms with van der Waals surface area (Å²) in [6.45, 7) is 5.86. The third-order valence-electron chi connectivity index (χ3n) is 2.86. The molecule has 2 amide bonds. The minimum atomic E-state index is -0.831. The average molecular weight is 276 g/mol. The van der Waals surface area contributed by atoms with Crippen molar-refractivity contribution in [2.24, 2.45) is 5.92 Å². The summed E-state index contributed by atoms with van der Waals surface area (Å²) in [5, 5.41) is 2.56. The van der Waals surface area contributed by atoms with Gasteiger partial charge in [0.05, 0.1) is 0 Å². The fraction of sp³-hybridized carbons (Fsp3) is 0.400. The van der Waals surface area contributed by atoms with Crippen molar-refractivity contribution in [3.05, 3.63) is 30.3 Å². The van der Waals surface area contributed by atoms with E-state index in [1.54, 1.807) is 31.2 Å². The van der Waals surface area contributed by atoms with E-state index in [1.165, 1.54) is 4.90 Å². The summed E-state index contributed by atoms with van der Waals surface area (Å²) in [6.07, 6.45) is 0.563. The average Bonchev–Trinajstić information content (AvgIpc) is 2.45.